The predicted molar refractivity (Wildman–Crippen MR) is 105 cm³/mol. The molecule has 0 saturated heterocycles. The number of nitrogens with zero attached hydrogens (tertiary/aromatic N) is 2. The molecule has 0 spiro atoms. The van der Waals surface area contributed by atoms with Gasteiger partial charge in [-0.05, 0) is 36.2 Å². The third-order valence-corrected chi connectivity index (χ3v) is 4.65. The van der Waals surface area contributed by atoms with Gasteiger partial charge in [-0.25, -0.2) is 4.39 Å². The first-order valence-corrected chi connectivity index (χ1v) is 8.92. The molecule has 2 aromatic carbocycles. The molecule has 1 aromatic heterocycles. The Morgan fingerprint density at radius 1 is 0.962 bits per heavy atom. The van der Waals surface area contributed by atoms with Crippen LogP contribution < -0.4 is 0 Å². The zero-order valence-corrected chi connectivity index (χ0v) is 15.2. The maximum Gasteiger partial charge on any atom is 0.128 e. The van der Waals surface area contributed by atoms with E-state index < -0.39 is 0 Å². The van der Waals surface area contributed by atoms with Gasteiger partial charge in [0.05, 0.1) is 6.54 Å². The van der Waals surface area contributed by atoms with Gasteiger partial charge in [0.1, 0.15) is 5.82 Å². The second-order valence-electron chi connectivity index (χ2n) is 6.60. The van der Waals surface area contributed by atoms with Crippen molar-refractivity contribution in [1.82, 2.24) is 9.47 Å². The minimum Gasteiger partial charge on any atom is -0.346 e. The van der Waals surface area contributed by atoms with E-state index in [4.69, 9.17) is 0 Å². The molecule has 2 nitrogen and oxygen atoms in total. The Labute approximate surface area is 155 Å². The summed E-state index contributed by atoms with van der Waals surface area (Å²) in [5, 5.41) is 0. The van der Waals surface area contributed by atoms with Crippen LogP contribution in [0.15, 0.2) is 79.5 Å². The molecule has 0 N–H and O–H groups in total. The fourth-order valence-corrected chi connectivity index (χ4v) is 3.18. The van der Waals surface area contributed by atoms with Crippen LogP contribution in [0.4, 0.5) is 4.39 Å². The molecule has 0 bridgehead atoms. The molecule has 0 amide bonds. The van der Waals surface area contributed by atoms with Crippen molar-refractivity contribution in [3.8, 4) is 0 Å². The molecular formula is C23H25FN2. The molecule has 0 aliphatic rings. The third kappa shape index (κ3) is 4.50. The van der Waals surface area contributed by atoms with Crippen LogP contribution in [-0.4, -0.2) is 16.0 Å². The summed E-state index contributed by atoms with van der Waals surface area (Å²) in [6.07, 6.45) is 3.95. The minimum absolute atomic E-state index is 0.157. The third-order valence-electron chi connectivity index (χ3n) is 4.65. The van der Waals surface area contributed by atoms with Crippen molar-refractivity contribution in [3.63, 3.8) is 0 Å². The van der Waals surface area contributed by atoms with Crippen LogP contribution in [0.2, 0.25) is 0 Å². The van der Waals surface area contributed by atoms with E-state index in [1.165, 1.54) is 22.9 Å². The van der Waals surface area contributed by atoms with E-state index in [0.29, 0.717) is 12.1 Å². The van der Waals surface area contributed by atoms with E-state index in [1.54, 1.807) is 6.07 Å². The normalized spacial score (nSPS) is 11.0. The average molecular weight is 348 g/mol. The predicted octanol–water partition coefficient (Wildman–Crippen LogP) is 5.17. The number of halogens is 1. The highest BCUT2D eigenvalue weighted by molar-refractivity contribution is 5.25. The maximum absolute atomic E-state index is 14.0. The van der Waals surface area contributed by atoms with Crippen molar-refractivity contribution in [3.05, 3.63) is 108 Å². The van der Waals surface area contributed by atoms with Gasteiger partial charge in [0.2, 0.25) is 0 Å². The summed E-state index contributed by atoms with van der Waals surface area (Å²) in [5.74, 6) is -0.157. The molecule has 3 rings (SSSR count). The number of hydrogen-bond donors (Lipinski definition) is 0. The Balaban J connectivity index is 1.76. The maximum atomic E-state index is 14.0. The van der Waals surface area contributed by atoms with Crippen LogP contribution in [0.1, 0.15) is 22.4 Å². The molecule has 0 unspecified atom stereocenters. The standard InChI is InChI=1S/C23H25FN2/c1-3-14-25(16-20-10-5-4-9-19(20)2)18-22-12-8-15-26(22)17-21-11-6-7-13-23(21)24/h3-13,15H,1,14,16-18H2,2H3. The molecule has 3 heteroatoms. The first-order chi connectivity index (χ1) is 12.7. The van der Waals surface area contributed by atoms with Gasteiger partial charge in [-0.15, -0.1) is 6.58 Å². The van der Waals surface area contributed by atoms with Crippen molar-refractivity contribution in [2.75, 3.05) is 6.54 Å². The van der Waals surface area contributed by atoms with E-state index in [0.717, 1.165) is 19.6 Å². The smallest absolute Gasteiger partial charge is 0.128 e. The molecule has 0 saturated carbocycles. The highest BCUT2D eigenvalue weighted by Gasteiger charge is 2.11. The fourth-order valence-electron chi connectivity index (χ4n) is 3.18. The number of aromatic nitrogens is 1. The average Bonchev–Trinajstić information content (AvgIpc) is 3.06. The van der Waals surface area contributed by atoms with Gasteiger partial charge >= 0.3 is 0 Å². The summed E-state index contributed by atoms with van der Waals surface area (Å²) in [6.45, 7) is 9.04. The van der Waals surface area contributed by atoms with Gasteiger partial charge in [-0.1, -0.05) is 48.5 Å². The molecule has 0 aliphatic heterocycles. The summed E-state index contributed by atoms with van der Waals surface area (Å²) in [7, 11) is 0. The van der Waals surface area contributed by atoms with Crippen LogP contribution in [0.5, 0.6) is 0 Å². The first kappa shape index (κ1) is 18.2. The Hall–Kier alpha value is -2.65. The van der Waals surface area contributed by atoms with Crippen LogP contribution in [0.3, 0.4) is 0 Å². The zero-order valence-electron chi connectivity index (χ0n) is 15.2. The molecule has 0 atom stereocenters. The van der Waals surface area contributed by atoms with Gasteiger partial charge in [0, 0.05) is 37.1 Å². The zero-order chi connectivity index (χ0) is 18.4. The molecule has 1 heterocycles. The summed E-state index contributed by atoms with van der Waals surface area (Å²) in [5.41, 5.74) is 4.49. The minimum atomic E-state index is -0.157. The van der Waals surface area contributed by atoms with Crippen molar-refractivity contribution in [2.45, 2.75) is 26.6 Å². The van der Waals surface area contributed by atoms with E-state index >= 15 is 0 Å². The lowest BCUT2D eigenvalue weighted by atomic mass is 10.1. The lowest BCUT2D eigenvalue weighted by Crippen LogP contribution is -2.24. The largest absolute Gasteiger partial charge is 0.346 e. The molecule has 3 aromatic rings. The first-order valence-electron chi connectivity index (χ1n) is 8.92. The Kier molecular flexibility index (Phi) is 6.03. The van der Waals surface area contributed by atoms with Crippen molar-refractivity contribution in [1.29, 1.82) is 0 Å². The lowest BCUT2D eigenvalue weighted by Gasteiger charge is -2.23. The lowest BCUT2D eigenvalue weighted by molar-refractivity contribution is 0.278. The Morgan fingerprint density at radius 2 is 1.69 bits per heavy atom. The van der Waals surface area contributed by atoms with Crippen LogP contribution >= 0.6 is 0 Å². The van der Waals surface area contributed by atoms with Crippen molar-refractivity contribution >= 4 is 0 Å². The van der Waals surface area contributed by atoms with Crippen LogP contribution in [0.25, 0.3) is 0 Å². The van der Waals surface area contributed by atoms with E-state index in [2.05, 4.69) is 53.3 Å². The number of aryl methyl sites for hydroxylation is 1. The molecular weight excluding hydrogens is 323 g/mol. The highest BCUT2D eigenvalue weighted by atomic mass is 19.1. The van der Waals surface area contributed by atoms with Crippen LogP contribution in [-0.2, 0) is 19.6 Å². The quantitative estimate of drug-likeness (QED) is 0.510. The second-order valence-corrected chi connectivity index (χ2v) is 6.60. The fraction of sp³-hybridized carbons (Fsp3) is 0.217. The molecule has 134 valence electrons. The Morgan fingerprint density at radius 3 is 2.42 bits per heavy atom. The van der Waals surface area contributed by atoms with Crippen molar-refractivity contribution < 1.29 is 4.39 Å². The SMILES string of the molecule is C=CCN(Cc1ccccc1C)Cc1cccn1Cc1ccccc1F. The number of hydrogen-bond acceptors (Lipinski definition) is 1. The van der Waals surface area contributed by atoms with Gasteiger partial charge in [-0.3, -0.25) is 4.90 Å². The summed E-state index contributed by atoms with van der Waals surface area (Å²) in [4.78, 5) is 2.35. The van der Waals surface area contributed by atoms with Gasteiger partial charge in [0.25, 0.3) is 0 Å². The van der Waals surface area contributed by atoms with Gasteiger partial charge in [0.15, 0.2) is 0 Å². The second kappa shape index (κ2) is 8.63. The molecule has 0 fully saturated rings. The van der Waals surface area contributed by atoms with E-state index in [9.17, 15) is 4.39 Å². The summed E-state index contributed by atoms with van der Waals surface area (Å²) < 4.78 is 16.1. The monoisotopic (exact) mass is 348 g/mol. The van der Waals surface area contributed by atoms with E-state index in [1.807, 2.05) is 30.5 Å². The van der Waals surface area contributed by atoms with Crippen LogP contribution in [0, 0.1) is 12.7 Å². The van der Waals surface area contributed by atoms with Gasteiger partial charge in [-0.2, -0.15) is 0 Å². The van der Waals surface area contributed by atoms with Crippen molar-refractivity contribution in [2.24, 2.45) is 0 Å². The summed E-state index contributed by atoms with van der Waals surface area (Å²) in [6, 6.07) is 19.5. The number of benzene rings is 2. The Bertz CT molecular complexity index is 866. The van der Waals surface area contributed by atoms with Gasteiger partial charge < -0.3 is 4.57 Å². The highest BCUT2D eigenvalue weighted by Crippen LogP contribution is 2.16. The summed E-state index contributed by atoms with van der Waals surface area (Å²) >= 11 is 0. The molecule has 26 heavy (non-hydrogen) atoms. The molecule has 0 radical (unpaired) electrons. The topological polar surface area (TPSA) is 8.17 Å². The van der Waals surface area contributed by atoms with E-state index in [-0.39, 0.29) is 5.82 Å². The number of rotatable bonds is 8. The molecule has 0 aliphatic carbocycles.